The summed E-state index contributed by atoms with van der Waals surface area (Å²) in [6, 6.07) is 0. The lowest BCUT2D eigenvalue weighted by molar-refractivity contribution is -0.140. The predicted octanol–water partition coefficient (Wildman–Crippen LogP) is 0.215. The molecule has 6 nitrogen and oxygen atoms in total. The minimum atomic E-state index is -0.354. The van der Waals surface area contributed by atoms with Gasteiger partial charge in [0.15, 0.2) is 0 Å². The van der Waals surface area contributed by atoms with Crippen molar-refractivity contribution in [2.24, 2.45) is 0 Å². The smallest absolute Gasteiger partial charge is 0.305 e. The zero-order valence-electron chi connectivity index (χ0n) is 11.6. The summed E-state index contributed by atoms with van der Waals surface area (Å²) in [5.74, 6) is -0.197. The fourth-order valence-corrected chi connectivity index (χ4v) is 1.91. The number of amides is 1. The summed E-state index contributed by atoms with van der Waals surface area (Å²) < 4.78 is 9.91. The van der Waals surface area contributed by atoms with Crippen LogP contribution in [0, 0.1) is 0 Å². The molecule has 0 spiro atoms. The van der Waals surface area contributed by atoms with Crippen molar-refractivity contribution in [3.63, 3.8) is 0 Å². The van der Waals surface area contributed by atoms with Gasteiger partial charge in [0.05, 0.1) is 13.7 Å². The molecule has 0 saturated carbocycles. The number of carbonyl (C=O) groups excluding carboxylic acids is 2. The molecule has 1 fully saturated rings. The van der Waals surface area contributed by atoms with Gasteiger partial charge in [-0.2, -0.15) is 0 Å². The number of esters is 1. The van der Waals surface area contributed by atoms with Gasteiger partial charge in [-0.25, -0.2) is 0 Å². The molecule has 2 N–H and O–H groups in total. The average Bonchev–Trinajstić information content (AvgIpc) is 2.46. The molecule has 0 aliphatic carbocycles. The van der Waals surface area contributed by atoms with E-state index < -0.39 is 0 Å². The van der Waals surface area contributed by atoms with Gasteiger partial charge >= 0.3 is 5.97 Å². The Morgan fingerprint density at radius 3 is 2.79 bits per heavy atom. The summed E-state index contributed by atoms with van der Waals surface area (Å²) in [6.07, 6.45) is 3.87. The van der Waals surface area contributed by atoms with Gasteiger partial charge < -0.3 is 20.1 Å². The molecule has 0 radical (unpaired) electrons. The van der Waals surface area contributed by atoms with E-state index in [1.807, 2.05) is 0 Å². The molecule has 6 heteroatoms. The highest BCUT2D eigenvalue weighted by atomic mass is 16.5. The topological polar surface area (TPSA) is 76.7 Å². The van der Waals surface area contributed by atoms with E-state index in [9.17, 15) is 9.59 Å². The third-order valence-corrected chi connectivity index (χ3v) is 3.05. The van der Waals surface area contributed by atoms with E-state index >= 15 is 0 Å². The molecule has 0 aromatic rings. The van der Waals surface area contributed by atoms with Gasteiger partial charge in [-0.1, -0.05) is 12.8 Å². The van der Waals surface area contributed by atoms with Gasteiger partial charge in [0.1, 0.15) is 6.10 Å². The maximum atomic E-state index is 11.7. The van der Waals surface area contributed by atoms with Crippen molar-refractivity contribution in [3.05, 3.63) is 0 Å². The lowest BCUT2D eigenvalue weighted by Crippen LogP contribution is -2.48. The molecule has 1 unspecified atom stereocenters. The van der Waals surface area contributed by atoms with Crippen LogP contribution in [0.4, 0.5) is 0 Å². The Morgan fingerprint density at radius 2 is 2.11 bits per heavy atom. The Hall–Kier alpha value is -1.14. The Morgan fingerprint density at radius 1 is 1.32 bits per heavy atom. The highest BCUT2D eigenvalue weighted by Gasteiger charge is 2.20. The average molecular weight is 272 g/mol. The number of nitrogens with one attached hydrogen (secondary N) is 2. The predicted molar refractivity (Wildman–Crippen MR) is 70.7 cm³/mol. The minimum absolute atomic E-state index is 0.0400. The summed E-state index contributed by atoms with van der Waals surface area (Å²) in [5, 5.41) is 5.99. The van der Waals surface area contributed by atoms with Gasteiger partial charge in [0.25, 0.3) is 0 Å². The van der Waals surface area contributed by atoms with Crippen molar-refractivity contribution < 1.29 is 19.1 Å². The molecule has 1 saturated heterocycles. The van der Waals surface area contributed by atoms with E-state index in [1.165, 1.54) is 7.11 Å². The van der Waals surface area contributed by atoms with Crippen molar-refractivity contribution in [3.8, 4) is 0 Å². The van der Waals surface area contributed by atoms with Gasteiger partial charge in [0.2, 0.25) is 5.91 Å². The second-order valence-electron chi connectivity index (χ2n) is 4.59. The Bertz CT molecular complexity index is 278. The van der Waals surface area contributed by atoms with Crippen LogP contribution in [0.5, 0.6) is 0 Å². The molecule has 110 valence electrons. The molecule has 1 aliphatic heterocycles. The summed E-state index contributed by atoms with van der Waals surface area (Å²) in [4.78, 5) is 22.5. The normalized spacial score (nSPS) is 18.9. The molecule has 1 amide bonds. The van der Waals surface area contributed by atoms with Crippen LogP contribution in [0.3, 0.4) is 0 Å². The molecule has 1 rings (SSSR count). The van der Waals surface area contributed by atoms with Crippen LogP contribution in [0.1, 0.15) is 32.1 Å². The van der Waals surface area contributed by atoms with Crippen molar-refractivity contribution in [1.82, 2.24) is 10.6 Å². The van der Waals surface area contributed by atoms with Gasteiger partial charge in [0, 0.05) is 26.1 Å². The maximum Gasteiger partial charge on any atom is 0.305 e. The number of hydrogen-bond donors (Lipinski definition) is 2. The highest BCUT2D eigenvalue weighted by molar-refractivity contribution is 5.81. The quantitative estimate of drug-likeness (QED) is 0.488. The maximum absolute atomic E-state index is 11.7. The lowest BCUT2D eigenvalue weighted by Gasteiger charge is -2.22. The van der Waals surface area contributed by atoms with E-state index in [1.54, 1.807) is 0 Å². The SMILES string of the molecule is COC(=O)CCCCCCNC(=O)C1CNCCO1. The van der Waals surface area contributed by atoms with Gasteiger partial charge in [-0.05, 0) is 12.8 Å². The molecule has 1 aliphatic rings. The number of morpholine rings is 1. The second-order valence-corrected chi connectivity index (χ2v) is 4.59. The number of unbranched alkanes of at least 4 members (excludes halogenated alkanes) is 3. The number of hydrogen-bond acceptors (Lipinski definition) is 5. The fraction of sp³-hybridized carbons (Fsp3) is 0.846. The first-order chi connectivity index (χ1) is 9.24. The van der Waals surface area contributed by atoms with Crippen molar-refractivity contribution in [2.45, 2.75) is 38.2 Å². The van der Waals surface area contributed by atoms with E-state index in [4.69, 9.17) is 4.74 Å². The van der Waals surface area contributed by atoms with E-state index in [0.717, 1.165) is 32.2 Å². The third kappa shape index (κ3) is 7.12. The van der Waals surface area contributed by atoms with Gasteiger partial charge in [-0.3, -0.25) is 9.59 Å². The molecule has 1 atom stereocenters. The second kappa shape index (κ2) is 9.75. The molecule has 1 heterocycles. The fourth-order valence-electron chi connectivity index (χ4n) is 1.91. The van der Waals surface area contributed by atoms with E-state index in [0.29, 0.717) is 26.1 Å². The van der Waals surface area contributed by atoms with E-state index in [-0.39, 0.29) is 18.0 Å². The molecular formula is C13H24N2O4. The largest absolute Gasteiger partial charge is 0.469 e. The first kappa shape index (κ1) is 15.9. The molecular weight excluding hydrogens is 248 g/mol. The van der Waals surface area contributed by atoms with Gasteiger partial charge in [-0.15, -0.1) is 0 Å². The summed E-state index contributed by atoms with van der Waals surface area (Å²) in [5.41, 5.74) is 0. The highest BCUT2D eigenvalue weighted by Crippen LogP contribution is 2.03. The molecule has 0 aromatic heterocycles. The minimum Gasteiger partial charge on any atom is -0.469 e. The summed E-state index contributed by atoms with van der Waals surface area (Å²) in [7, 11) is 1.40. The number of ether oxygens (including phenoxy) is 2. The Kier molecular flexibility index (Phi) is 8.16. The van der Waals surface area contributed by atoms with Crippen LogP contribution in [0.2, 0.25) is 0 Å². The van der Waals surface area contributed by atoms with E-state index in [2.05, 4.69) is 15.4 Å². The van der Waals surface area contributed by atoms with Crippen LogP contribution in [-0.4, -0.2) is 51.3 Å². The van der Waals surface area contributed by atoms with Crippen LogP contribution < -0.4 is 10.6 Å². The van der Waals surface area contributed by atoms with Crippen LogP contribution >= 0.6 is 0 Å². The van der Waals surface area contributed by atoms with Crippen LogP contribution in [-0.2, 0) is 19.1 Å². The first-order valence-corrected chi connectivity index (χ1v) is 6.91. The van der Waals surface area contributed by atoms with Crippen LogP contribution in [0.25, 0.3) is 0 Å². The number of carbonyl (C=O) groups is 2. The first-order valence-electron chi connectivity index (χ1n) is 6.91. The van der Waals surface area contributed by atoms with Crippen molar-refractivity contribution >= 4 is 11.9 Å². The van der Waals surface area contributed by atoms with Crippen molar-refractivity contribution in [2.75, 3.05) is 33.4 Å². The zero-order valence-corrected chi connectivity index (χ0v) is 11.6. The molecule has 19 heavy (non-hydrogen) atoms. The number of rotatable bonds is 8. The Balaban J connectivity index is 1.92. The van der Waals surface area contributed by atoms with Crippen LogP contribution in [0.15, 0.2) is 0 Å². The molecule has 0 bridgehead atoms. The summed E-state index contributed by atoms with van der Waals surface area (Å²) >= 11 is 0. The summed E-state index contributed by atoms with van der Waals surface area (Å²) in [6.45, 7) is 2.65. The Labute approximate surface area is 114 Å². The zero-order chi connectivity index (χ0) is 13.9. The monoisotopic (exact) mass is 272 g/mol. The third-order valence-electron chi connectivity index (χ3n) is 3.05. The standard InChI is InChI=1S/C13H24N2O4/c1-18-12(16)6-4-2-3-5-7-15-13(17)11-10-14-8-9-19-11/h11,14H,2-10H2,1H3,(H,15,17). The van der Waals surface area contributed by atoms with Crippen molar-refractivity contribution in [1.29, 1.82) is 0 Å². The lowest BCUT2D eigenvalue weighted by atomic mass is 10.1. The molecule has 0 aromatic carbocycles. The number of methoxy groups -OCH3 is 1.